The van der Waals surface area contributed by atoms with Crippen LogP contribution >= 0.6 is 0 Å². The molecule has 0 aliphatic rings. The summed E-state index contributed by atoms with van der Waals surface area (Å²) in [5.41, 5.74) is 5.39. The summed E-state index contributed by atoms with van der Waals surface area (Å²) in [6.07, 6.45) is 1.48. The van der Waals surface area contributed by atoms with Gasteiger partial charge in [-0.3, -0.25) is 4.79 Å². The fourth-order valence-corrected chi connectivity index (χ4v) is 0.923. The average Bonchev–Trinajstić information content (AvgIpc) is 2.14. The van der Waals surface area contributed by atoms with Crippen LogP contribution in [-0.4, -0.2) is 32.8 Å². The van der Waals surface area contributed by atoms with E-state index in [-0.39, 0.29) is 11.9 Å². The van der Waals surface area contributed by atoms with Gasteiger partial charge >= 0.3 is 5.97 Å². The molecule has 0 saturated heterocycles. The van der Waals surface area contributed by atoms with Crippen molar-refractivity contribution in [3.8, 4) is 0 Å². The van der Waals surface area contributed by atoms with Gasteiger partial charge in [-0.05, 0) is 6.42 Å². The van der Waals surface area contributed by atoms with Crippen LogP contribution in [0.4, 0.5) is 0 Å². The molecule has 4 nitrogen and oxygen atoms in total. The molecule has 4 heteroatoms. The van der Waals surface area contributed by atoms with Gasteiger partial charge in [0.25, 0.3) is 0 Å². The van der Waals surface area contributed by atoms with Crippen LogP contribution in [0.3, 0.4) is 0 Å². The summed E-state index contributed by atoms with van der Waals surface area (Å²) in [6, 6.07) is 0. The predicted octanol–water partition coefficient (Wildman–Crippen LogP) is 0.551. The second-order valence-corrected chi connectivity index (χ2v) is 2.85. The second kappa shape index (κ2) is 8.01. The third-order valence-corrected chi connectivity index (χ3v) is 1.85. The van der Waals surface area contributed by atoms with Gasteiger partial charge in [0.15, 0.2) is 0 Å². The maximum atomic E-state index is 11.2. The molecule has 1 unspecified atom stereocenters. The highest BCUT2D eigenvalue weighted by Crippen LogP contribution is 2.02. The molecule has 0 heterocycles. The molecule has 78 valence electrons. The Kier molecular flexibility index (Phi) is 7.63. The summed E-state index contributed by atoms with van der Waals surface area (Å²) < 4.78 is 9.81. The lowest BCUT2D eigenvalue weighted by atomic mass is 10.1. The minimum atomic E-state index is -0.193. The van der Waals surface area contributed by atoms with E-state index in [1.807, 2.05) is 6.92 Å². The molecule has 0 aromatic carbocycles. The minimum absolute atomic E-state index is 0.150. The first-order chi connectivity index (χ1) is 6.26. The number of methoxy groups -OCH3 is 1. The standard InChI is InChI=1S/C9H19NO3/c1-3-8(7-10)9(11)13-6-4-5-12-2/h8H,3-7,10H2,1-2H3. The van der Waals surface area contributed by atoms with Crippen molar-refractivity contribution >= 4 is 5.97 Å². The zero-order valence-electron chi connectivity index (χ0n) is 8.41. The van der Waals surface area contributed by atoms with Crippen molar-refractivity contribution in [3.63, 3.8) is 0 Å². The van der Waals surface area contributed by atoms with Crippen molar-refractivity contribution < 1.29 is 14.3 Å². The largest absolute Gasteiger partial charge is 0.465 e. The number of esters is 1. The van der Waals surface area contributed by atoms with E-state index in [1.165, 1.54) is 0 Å². The fraction of sp³-hybridized carbons (Fsp3) is 0.889. The maximum absolute atomic E-state index is 11.2. The predicted molar refractivity (Wildman–Crippen MR) is 50.3 cm³/mol. The molecular formula is C9H19NO3. The van der Waals surface area contributed by atoms with Gasteiger partial charge in [0.05, 0.1) is 12.5 Å². The number of rotatable bonds is 7. The lowest BCUT2D eigenvalue weighted by molar-refractivity contribution is -0.148. The summed E-state index contributed by atoms with van der Waals surface area (Å²) in [6.45, 7) is 3.32. The van der Waals surface area contributed by atoms with Crippen LogP contribution in [-0.2, 0) is 14.3 Å². The number of ether oxygens (including phenoxy) is 2. The highest BCUT2D eigenvalue weighted by Gasteiger charge is 2.15. The quantitative estimate of drug-likeness (QED) is 0.469. The molecule has 0 spiro atoms. The van der Waals surface area contributed by atoms with E-state index in [1.54, 1.807) is 7.11 Å². The van der Waals surface area contributed by atoms with E-state index in [0.717, 1.165) is 12.8 Å². The first-order valence-corrected chi connectivity index (χ1v) is 4.61. The van der Waals surface area contributed by atoms with Gasteiger partial charge in [0, 0.05) is 26.7 Å². The van der Waals surface area contributed by atoms with E-state index in [9.17, 15) is 4.79 Å². The van der Waals surface area contributed by atoms with Crippen molar-refractivity contribution in [1.29, 1.82) is 0 Å². The molecule has 0 aliphatic heterocycles. The van der Waals surface area contributed by atoms with Gasteiger partial charge in [-0.2, -0.15) is 0 Å². The molecular weight excluding hydrogens is 170 g/mol. The molecule has 0 amide bonds. The van der Waals surface area contributed by atoms with E-state index < -0.39 is 0 Å². The number of carbonyl (C=O) groups excluding carboxylic acids is 1. The zero-order valence-corrected chi connectivity index (χ0v) is 8.41. The number of hydrogen-bond acceptors (Lipinski definition) is 4. The summed E-state index contributed by atoms with van der Waals surface area (Å²) in [5.74, 6) is -0.344. The van der Waals surface area contributed by atoms with Crippen LogP contribution in [0.25, 0.3) is 0 Å². The number of nitrogens with two attached hydrogens (primary N) is 1. The van der Waals surface area contributed by atoms with Crippen LogP contribution in [0, 0.1) is 5.92 Å². The first kappa shape index (κ1) is 12.4. The third kappa shape index (κ3) is 5.60. The third-order valence-electron chi connectivity index (χ3n) is 1.85. The monoisotopic (exact) mass is 189 g/mol. The molecule has 0 bridgehead atoms. The molecule has 0 aliphatic carbocycles. The fourth-order valence-electron chi connectivity index (χ4n) is 0.923. The topological polar surface area (TPSA) is 61.6 Å². The highest BCUT2D eigenvalue weighted by atomic mass is 16.5. The van der Waals surface area contributed by atoms with Gasteiger partial charge in [-0.15, -0.1) is 0 Å². The summed E-state index contributed by atoms with van der Waals surface area (Å²) >= 11 is 0. The van der Waals surface area contributed by atoms with Crippen LogP contribution in [0.15, 0.2) is 0 Å². The van der Waals surface area contributed by atoms with Gasteiger partial charge < -0.3 is 15.2 Å². The molecule has 0 fully saturated rings. The lowest BCUT2D eigenvalue weighted by Gasteiger charge is -2.11. The molecule has 2 N–H and O–H groups in total. The lowest BCUT2D eigenvalue weighted by Crippen LogP contribution is -2.25. The molecule has 0 aromatic heterocycles. The normalized spacial score (nSPS) is 12.5. The number of carbonyl (C=O) groups is 1. The Bertz CT molecular complexity index is 135. The van der Waals surface area contributed by atoms with Crippen LogP contribution in [0.2, 0.25) is 0 Å². The zero-order chi connectivity index (χ0) is 10.1. The van der Waals surface area contributed by atoms with E-state index in [2.05, 4.69) is 0 Å². The molecule has 1 atom stereocenters. The summed E-state index contributed by atoms with van der Waals surface area (Å²) in [5, 5.41) is 0. The molecule has 0 rings (SSSR count). The Balaban J connectivity index is 3.48. The Morgan fingerprint density at radius 3 is 2.62 bits per heavy atom. The van der Waals surface area contributed by atoms with E-state index >= 15 is 0 Å². The Labute approximate surface area is 79.4 Å². The Hall–Kier alpha value is -0.610. The molecule has 0 saturated carbocycles. The number of hydrogen-bond donors (Lipinski definition) is 1. The maximum Gasteiger partial charge on any atom is 0.310 e. The molecule has 0 radical (unpaired) electrons. The first-order valence-electron chi connectivity index (χ1n) is 4.61. The van der Waals surface area contributed by atoms with E-state index in [0.29, 0.717) is 19.8 Å². The van der Waals surface area contributed by atoms with Crippen LogP contribution in [0.5, 0.6) is 0 Å². The van der Waals surface area contributed by atoms with Gasteiger partial charge in [0.2, 0.25) is 0 Å². The van der Waals surface area contributed by atoms with Gasteiger partial charge in [0.1, 0.15) is 0 Å². The van der Waals surface area contributed by atoms with Crippen molar-refractivity contribution in [2.75, 3.05) is 26.9 Å². The van der Waals surface area contributed by atoms with E-state index in [4.69, 9.17) is 15.2 Å². The highest BCUT2D eigenvalue weighted by molar-refractivity contribution is 5.72. The SMILES string of the molecule is CCC(CN)C(=O)OCCCOC. The molecule has 0 aromatic rings. The Morgan fingerprint density at radius 2 is 2.15 bits per heavy atom. The van der Waals surface area contributed by atoms with Gasteiger partial charge in [-0.25, -0.2) is 0 Å². The van der Waals surface area contributed by atoms with Crippen molar-refractivity contribution in [2.24, 2.45) is 11.7 Å². The van der Waals surface area contributed by atoms with Crippen molar-refractivity contribution in [2.45, 2.75) is 19.8 Å². The van der Waals surface area contributed by atoms with Crippen molar-refractivity contribution in [1.82, 2.24) is 0 Å². The summed E-state index contributed by atoms with van der Waals surface area (Å²) in [4.78, 5) is 11.2. The molecule has 13 heavy (non-hydrogen) atoms. The second-order valence-electron chi connectivity index (χ2n) is 2.85. The van der Waals surface area contributed by atoms with Gasteiger partial charge in [-0.1, -0.05) is 6.92 Å². The minimum Gasteiger partial charge on any atom is -0.465 e. The van der Waals surface area contributed by atoms with Crippen LogP contribution in [0.1, 0.15) is 19.8 Å². The Morgan fingerprint density at radius 1 is 1.46 bits per heavy atom. The van der Waals surface area contributed by atoms with Crippen molar-refractivity contribution in [3.05, 3.63) is 0 Å². The smallest absolute Gasteiger partial charge is 0.310 e. The average molecular weight is 189 g/mol. The summed E-state index contributed by atoms with van der Waals surface area (Å²) in [7, 11) is 1.62. The van der Waals surface area contributed by atoms with Crippen LogP contribution < -0.4 is 5.73 Å².